The van der Waals surface area contributed by atoms with E-state index in [1.165, 1.54) is 19.3 Å². The molecule has 0 radical (unpaired) electrons. The fraction of sp³-hybridized carbons (Fsp3) is 0.176. The number of amides is 1. The topological polar surface area (TPSA) is 109 Å². The highest BCUT2D eigenvalue weighted by Crippen LogP contribution is 2.36. The Kier molecular flexibility index (Phi) is 4.92. The first-order chi connectivity index (χ1) is 12.5. The Morgan fingerprint density at radius 2 is 1.96 bits per heavy atom. The van der Waals surface area contributed by atoms with Crippen LogP contribution >= 0.6 is 0 Å². The van der Waals surface area contributed by atoms with Crippen LogP contribution in [0.4, 0.5) is 5.82 Å². The standard InChI is InChI=1S/C17H17N3O5S/c1-20-15(17(22)19-14-8-4-5-9-18-14)16(25-11-10-21)12-6-2-3-7-13(12)26(20,23)24/h2-9,21H,10-11H2,1H3,(H,18,19,22). The number of hydrogen-bond donors (Lipinski definition) is 2. The monoisotopic (exact) mass is 375 g/mol. The Labute approximate surface area is 150 Å². The van der Waals surface area contributed by atoms with Crippen LogP contribution in [0.25, 0.3) is 5.76 Å². The van der Waals surface area contributed by atoms with Crippen LogP contribution in [0.1, 0.15) is 5.56 Å². The molecule has 8 nitrogen and oxygen atoms in total. The Morgan fingerprint density at radius 3 is 2.65 bits per heavy atom. The van der Waals surface area contributed by atoms with Gasteiger partial charge in [0.05, 0.1) is 11.5 Å². The van der Waals surface area contributed by atoms with Crippen LogP contribution in [0.2, 0.25) is 0 Å². The second-order valence-corrected chi connectivity index (χ2v) is 7.33. The van der Waals surface area contributed by atoms with Crippen LogP contribution in [0.3, 0.4) is 0 Å². The van der Waals surface area contributed by atoms with E-state index in [1.807, 2.05) is 0 Å². The van der Waals surface area contributed by atoms with Crippen LogP contribution < -0.4 is 5.32 Å². The highest BCUT2D eigenvalue weighted by molar-refractivity contribution is 7.89. The number of aliphatic hydroxyl groups is 1. The number of sulfonamides is 1. The summed E-state index contributed by atoms with van der Waals surface area (Å²) in [5.41, 5.74) is 0.0908. The molecule has 0 bridgehead atoms. The first-order valence-electron chi connectivity index (χ1n) is 7.75. The van der Waals surface area contributed by atoms with E-state index in [0.29, 0.717) is 0 Å². The van der Waals surface area contributed by atoms with E-state index in [2.05, 4.69) is 10.3 Å². The molecule has 1 aromatic heterocycles. The maximum absolute atomic E-state index is 12.8. The summed E-state index contributed by atoms with van der Waals surface area (Å²) in [5.74, 6) is -0.325. The second-order valence-electron chi connectivity index (χ2n) is 5.39. The normalized spacial score (nSPS) is 15.4. The van der Waals surface area contributed by atoms with E-state index < -0.39 is 15.9 Å². The van der Waals surface area contributed by atoms with Crippen molar-refractivity contribution in [3.8, 4) is 0 Å². The quantitative estimate of drug-likeness (QED) is 0.808. The smallest absolute Gasteiger partial charge is 0.277 e. The summed E-state index contributed by atoms with van der Waals surface area (Å²) < 4.78 is 32.0. The van der Waals surface area contributed by atoms with E-state index >= 15 is 0 Å². The van der Waals surface area contributed by atoms with Crippen molar-refractivity contribution >= 4 is 27.5 Å². The van der Waals surface area contributed by atoms with Gasteiger partial charge in [-0.3, -0.25) is 9.10 Å². The highest BCUT2D eigenvalue weighted by atomic mass is 32.2. The lowest BCUT2D eigenvalue weighted by Crippen LogP contribution is -2.37. The molecule has 136 valence electrons. The third-order valence-corrected chi connectivity index (χ3v) is 5.57. The summed E-state index contributed by atoms with van der Waals surface area (Å²) in [7, 11) is -2.63. The molecule has 0 aliphatic carbocycles. The molecule has 0 unspecified atom stereocenters. The number of hydrogen-bond acceptors (Lipinski definition) is 6. The number of fused-ring (bicyclic) bond motifs is 1. The number of carbonyl (C=O) groups is 1. The molecule has 0 saturated carbocycles. The summed E-state index contributed by atoms with van der Waals surface area (Å²) in [6, 6.07) is 11.2. The zero-order chi connectivity index (χ0) is 18.7. The minimum Gasteiger partial charge on any atom is -0.488 e. The van der Waals surface area contributed by atoms with Gasteiger partial charge in [0.25, 0.3) is 15.9 Å². The molecule has 0 saturated heterocycles. The van der Waals surface area contributed by atoms with Gasteiger partial charge >= 0.3 is 0 Å². The number of aliphatic hydroxyl groups excluding tert-OH is 1. The zero-order valence-electron chi connectivity index (χ0n) is 13.9. The van der Waals surface area contributed by atoms with Crippen molar-refractivity contribution in [2.75, 3.05) is 25.6 Å². The number of nitrogens with zero attached hydrogens (tertiary/aromatic N) is 2. The predicted molar refractivity (Wildman–Crippen MR) is 94.2 cm³/mol. The van der Waals surface area contributed by atoms with E-state index in [1.54, 1.807) is 36.4 Å². The Balaban J connectivity index is 2.13. The third-order valence-electron chi connectivity index (χ3n) is 3.76. The van der Waals surface area contributed by atoms with Gasteiger partial charge in [0.1, 0.15) is 12.4 Å². The van der Waals surface area contributed by atoms with Gasteiger partial charge in [-0.05, 0) is 24.3 Å². The van der Waals surface area contributed by atoms with E-state index in [-0.39, 0.29) is 40.9 Å². The first kappa shape index (κ1) is 17.9. The van der Waals surface area contributed by atoms with Crippen molar-refractivity contribution in [3.63, 3.8) is 0 Å². The fourth-order valence-corrected chi connectivity index (χ4v) is 3.96. The number of nitrogens with one attached hydrogen (secondary N) is 1. The molecule has 2 N–H and O–H groups in total. The molecule has 9 heteroatoms. The van der Waals surface area contributed by atoms with Gasteiger partial charge in [-0.2, -0.15) is 0 Å². The van der Waals surface area contributed by atoms with Gasteiger partial charge in [0.2, 0.25) is 0 Å². The number of pyridine rings is 1. The van der Waals surface area contributed by atoms with Crippen molar-refractivity contribution in [1.29, 1.82) is 0 Å². The molecule has 0 fully saturated rings. The molecule has 26 heavy (non-hydrogen) atoms. The molecule has 2 aromatic rings. The van der Waals surface area contributed by atoms with Gasteiger partial charge in [0, 0.05) is 18.8 Å². The number of likely N-dealkylation sites (N-methyl/N-ethyl adjacent to an activating group) is 1. The number of aromatic nitrogens is 1. The zero-order valence-corrected chi connectivity index (χ0v) is 14.7. The summed E-state index contributed by atoms with van der Waals surface area (Å²) in [6.07, 6.45) is 1.50. The molecule has 0 spiro atoms. The maximum atomic E-state index is 12.8. The van der Waals surface area contributed by atoms with Gasteiger partial charge in [-0.25, -0.2) is 13.4 Å². The van der Waals surface area contributed by atoms with Crippen LogP contribution in [0.15, 0.2) is 59.3 Å². The number of anilines is 1. The summed E-state index contributed by atoms with van der Waals surface area (Å²) in [5, 5.41) is 11.6. The summed E-state index contributed by atoms with van der Waals surface area (Å²) in [6.45, 7) is -0.366. The maximum Gasteiger partial charge on any atom is 0.277 e. The molecule has 1 amide bonds. The average Bonchev–Trinajstić information content (AvgIpc) is 2.64. The van der Waals surface area contributed by atoms with Crippen molar-refractivity contribution in [2.45, 2.75) is 4.90 Å². The van der Waals surface area contributed by atoms with Crippen molar-refractivity contribution in [1.82, 2.24) is 9.29 Å². The van der Waals surface area contributed by atoms with Gasteiger partial charge < -0.3 is 15.2 Å². The number of rotatable bonds is 5. The van der Waals surface area contributed by atoms with E-state index in [4.69, 9.17) is 9.84 Å². The molecule has 1 aromatic carbocycles. The molecule has 2 heterocycles. The lowest BCUT2D eigenvalue weighted by atomic mass is 10.1. The molecule has 1 aliphatic rings. The lowest BCUT2D eigenvalue weighted by molar-refractivity contribution is -0.113. The Hall–Kier alpha value is -2.91. The van der Waals surface area contributed by atoms with Crippen LogP contribution in [-0.2, 0) is 19.6 Å². The largest absolute Gasteiger partial charge is 0.488 e. The van der Waals surface area contributed by atoms with Crippen molar-refractivity contribution in [3.05, 3.63) is 59.9 Å². The second kappa shape index (κ2) is 7.14. The molecule has 0 atom stereocenters. The Morgan fingerprint density at radius 1 is 1.23 bits per heavy atom. The van der Waals surface area contributed by atoms with Gasteiger partial charge in [0.15, 0.2) is 11.5 Å². The predicted octanol–water partition coefficient (Wildman–Crippen LogP) is 1.03. The van der Waals surface area contributed by atoms with Crippen LogP contribution in [-0.4, -0.2) is 49.0 Å². The number of benzene rings is 1. The summed E-state index contributed by atoms with van der Waals surface area (Å²) >= 11 is 0. The van der Waals surface area contributed by atoms with Crippen LogP contribution in [0.5, 0.6) is 0 Å². The minimum atomic E-state index is -3.91. The fourth-order valence-electron chi connectivity index (χ4n) is 2.57. The van der Waals surface area contributed by atoms with Gasteiger partial charge in [-0.1, -0.05) is 18.2 Å². The highest BCUT2D eigenvalue weighted by Gasteiger charge is 2.38. The number of ether oxygens (including phenoxy) is 1. The minimum absolute atomic E-state index is 0.0322. The number of carbonyl (C=O) groups excluding carboxylic acids is 1. The van der Waals surface area contributed by atoms with Gasteiger partial charge in [-0.15, -0.1) is 0 Å². The molecule has 3 rings (SSSR count). The first-order valence-corrected chi connectivity index (χ1v) is 9.19. The average molecular weight is 375 g/mol. The van der Waals surface area contributed by atoms with E-state index in [0.717, 1.165) is 4.31 Å². The SMILES string of the molecule is CN1C(C(=O)Nc2ccccn2)=C(OCCO)c2ccccc2S1(=O)=O. The van der Waals surface area contributed by atoms with Crippen molar-refractivity contribution in [2.24, 2.45) is 0 Å². The van der Waals surface area contributed by atoms with Crippen LogP contribution in [0, 0.1) is 0 Å². The lowest BCUT2D eigenvalue weighted by Gasteiger charge is -2.30. The van der Waals surface area contributed by atoms with E-state index in [9.17, 15) is 13.2 Å². The molecular formula is C17H17N3O5S. The third kappa shape index (κ3) is 3.14. The van der Waals surface area contributed by atoms with Crippen molar-refractivity contribution < 1.29 is 23.1 Å². The Bertz CT molecular complexity index is 957. The molecule has 1 aliphatic heterocycles. The molecular weight excluding hydrogens is 358 g/mol. The summed E-state index contributed by atoms with van der Waals surface area (Å²) in [4.78, 5) is 16.8.